The molecular formula is C17H18N6O3S. The van der Waals surface area contributed by atoms with E-state index in [-0.39, 0.29) is 28.5 Å². The summed E-state index contributed by atoms with van der Waals surface area (Å²) in [6.07, 6.45) is 0.00690. The third-order valence-corrected chi connectivity index (χ3v) is 6.38. The lowest BCUT2D eigenvalue weighted by atomic mass is 9.95. The molecule has 2 aliphatic rings. The Hall–Kier alpha value is -2.75. The van der Waals surface area contributed by atoms with Crippen LogP contribution in [0.25, 0.3) is 0 Å². The van der Waals surface area contributed by atoms with Crippen LogP contribution >= 0.6 is 11.8 Å². The van der Waals surface area contributed by atoms with E-state index in [0.29, 0.717) is 5.82 Å². The van der Waals surface area contributed by atoms with Crippen LogP contribution in [0.15, 0.2) is 30.3 Å². The number of aromatic nitrogens is 4. The highest BCUT2D eigenvalue weighted by Crippen LogP contribution is 2.56. The van der Waals surface area contributed by atoms with Crippen molar-refractivity contribution in [3.8, 4) is 0 Å². The predicted molar refractivity (Wildman–Crippen MR) is 96.3 cm³/mol. The monoisotopic (exact) mass is 386 g/mol. The molecule has 1 aromatic heterocycles. The first kappa shape index (κ1) is 17.7. The van der Waals surface area contributed by atoms with Crippen LogP contribution < -0.4 is 5.32 Å². The van der Waals surface area contributed by atoms with E-state index in [2.05, 4.69) is 25.9 Å². The minimum absolute atomic E-state index is 0.00690. The van der Waals surface area contributed by atoms with Crippen LogP contribution in [0, 0.1) is 0 Å². The first-order valence-corrected chi connectivity index (χ1v) is 9.37. The number of nitrogens with one attached hydrogen (secondary N) is 2. The maximum Gasteiger partial charge on any atom is 0.288 e. The number of ketones is 1. The summed E-state index contributed by atoms with van der Waals surface area (Å²) in [4.78, 5) is 38.8. The lowest BCUT2D eigenvalue weighted by Gasteiger charge is -2.44. The summed E-state index contributed by atoms with van der Waals surface area (Å²) in [5, 5.41) is 16.2. The number of hydrogen-bond donors (Lipinski definition) is 2. The van der Waals surface area contributed by atoms with E-state index in [1.807, 2.05) is 32.0 Å². The summed E-state index contributed by atoms with van der Waals surface area (Å²) in [6, 6.07) is 7.99. The molecule has 2 unspecified atom stereocenters. The zero-order valence-electron chi connectivity index (χ0n) is 14.7. The standard InChI is InChI=1S/C17H18N6O3S/c1-17(2)12(13-19-21-22-20-13)23-15(26)11(16(23)27-17)18-14(25)10(24)8-9-6-4-3-5-7-9/h3-7,11-12,16H,8H2,1-2H3,(H,18,25)(H,19,20,21,22)/t11?,12?,16-/m0/s1. The maximum absolute atomic E-state index is 12.7. The van der Waals surface area contributed by atoms with Gasteiger partial charge in [0.05, 0.1) is 0 Å². The van der Waals surface area contributed by atoms with E-state index in [0.717, 1.165) is 5.56 Å². The molecule has 4 rings (SSSR count). The molecule has 0 radical (unpaired) electrons. The van der Waals surface area contributed by atoms with E-state index in [4.69, 9.17) is 0 Å². The Bertz CT molecular complexity index is 885. The molecule has 27 heavy (non-hydrogen) atoms. The van der Waals surface area contributed by atoms with Crippen molar-refractivity contribution in [3.63, 3.8) is 0 Å². The molecule has 0 spiro atoms. The summed E-state index contributed by atoms with van der Waals surface area (Å²) in [5.41, 5.74) is 0.758. The van der Waals surface area contributed by atoms with Gasteiger partial charge < -0.3 is 10.2 Å². The van der Waals surface area contributed by atoms with Crippen molar-refractivity contribution in [2.45, 2.75) is 42.5 Å². The number of rotatable bonds is 5. The molecule has 1 aromatic carbocycles. The van der Waals surface area contributed by atoms with Crippen LogP contribution in [0.3, 0.4) is 0 Å². The number of hydrogen-bond acceptors (Lipinski definition) is 7. The van der Waals surface area contributed by atoms with Crippen LogP contribution in [0.2, 0.25) is 0 Å². The van der Waals surface area contributed by atoms with Crippen LogP contribution in [0.4, 0.5) is 0 Å². The lowest BCUT2D eigenvalue weighted by Crippen LogP contribution is -2.68. The fourth-order valence-electron chi connectivity index (χ4n) is 3.56. The van der Waals surface area contributed by atoms with Gasteiger partial charge in [0.15, 0.2) is 5.82 Å². The molecule has 0 bridgehead atoms. The van der Waals surface area contributed by atoms with Gasteiger partial charge in [-0.05, 0) is 29.8 Å². The van der Waals surface area contributed by atoms with Gasteiger partial charge in [0.1, 0.15) is 17.5 Å². The average Bonchev–Trinajstić information content (AvgIpc) is 3.24. The number of Topliss-reactive ketones (excluding diaryl/α,β-unsaturated/α-hetero) is 1. The first-order valence-electron chi connectivity index (χ1n) is 8.50. The number of aromatic amines is 1. The van der Waals surface area contributed by atoms with Crippen molar-refractivity contribution in [1.82, 2.24) is 30.8 Å². The van der Waals surface area contributed by atoms with Crippen molar-refractivity contribution in [3.05, 3.63) is 41.7 Å². The molecule has 9 nitrogen and oxygen atoms in total. The van der Waals surface area contributed by atoms with E-state index >= 15 is 0 Å². The number of carbonyl (C=O) groups excluding carboxylic acids is 3. The molecule has 3 heterocycles. The normalized spacial score (nSPS) is 25.6. The van der Waals surface area contributed by atoms with Crippen molar-refractivity contribution in [2.75, 3.05) is 0 Å². The second kappa shape index (κ2) is 6.45. The van der Waals surface area contributed by atoms with Gasteiger partial charge in [-0.1, -0.05) is 30.3 Å². The minimum atomic E-state index is -0.736. The zero-order chi connectivity index (χ0) is 19.2. The Morgan fingerprint density at radius 3 is 2.70 bits per heavy atom. The Kier molecular flexibility index (Phi) is 4.22. The number of fused-ring (bicyclic) bond motifs is 1. The smallest absolute Gasteiger partial charge is 0.288 e. The molecule has 3 atom stereocenters. The topological polar surface area (TPSA) is 121 Å². The van der Waals surface area contributed by atoms with Gasteiger partial charge in [0, 0.05) is 11.2 Å². The molecule has 2 amide bonds. The van der Waals surface area contributed by atoms with Crippen molar-refractivity contribution >= 4 is 29.4 Å². The fraction of sp³-hybridized carbons (Fsp3) is 0.412. The molecule has 2 saturated heterocycles. The molecule has 0 aliphatic carbocycles. The van der Waals surface area contributed by atoms with Gasteiger partial charge in [-0.25, -0.2) is 5.10 Å². The minimum Gasteiger partial charge on any atom is -0.335 e. The Morgan fingerprint density at radius 1 is 1.30 bits per heavy atom. The van der Waals surface area contributed by atoms with Gasteiger partial charge in [0.2, 0.25) is 11.7 Å². The molecule has 2 N–H and O–H groups in total. The molecule has 2 fully saturated rings. The number of carbonyl (C=O) groups is 3. The van der Waals surface area contributed by atoms with E-state index in [9.17, 15) is 14.4 Å². The fourth-order valence-corrected chi connectivity index (χ4v) is 5.19. The van der Waals surface area contributed by atoms with Crippen LogP contribution in [0.5, 0.6) is 0 Å². The number of thioether (sulfide) groups is 1. The third kappa shape index (κ3) is 2.99. The Morgan fingerprint density at radius 2 is 2.04 bits per heavy atom. The highest BCUT2D eigenvalue weighted by atomic mass is 32.2. The zero-order valence-corrected chi connectivity index (χ0v) is 15.6. The van der Waals surface area contributed by atoms with Gasteiger partial charge in [-0.2, -0.15) is 0 Å². The number of benzene rings is 1. The quantitative estimate of drug-likeness (QED) is 0.557. The Balaban J connectivity index is 1.44. The molecule has 0 saturated carbocycles. The number of tetrazole rings is 1. The summed E-state index contributed by atoms with van der Waals surface area (Å²) in [6.45, 7) is 3.99. The highest BCUT2D eigenvalue weighted by molar-refractivity contribution is 8.01. The maximum atomic E-state index is 12.7. The second-order valence-electron chi connectivity index (χ2n) is 7.08. The molecule has 2 aromatic rings. The summed E-state index contributed by atoms with van der Waals surface area (Å²) >= 11 is 1.56. The van der Waals surface area contributed by atoms with Crippen LogP contribution in [-0.2, 0) is 20.8 Å². The lowest BCUT2D eigenvalue weighted by molar-refractivity contribution is -0.152. The number of H-pyrrole nitrogens is 1. The van der Waals surface area contributed by atoms with Crippen LogP contribution in [0.1, 0.15) is 31.3 Å². The van der Waals surface area contributed by atoms with Crippen molar-refractivity contribution in [2.24, 2.45) is 0 Å². The van der Waals surface area contributed by atoms with Gasteiger partial charge in [-0.15, -0.1) is 16.9 Å². The number of β-lactam (4-membered cyclic amide) rings is 1. The van der Waals surface area contributed by atoms with Crippen molar-refractivity contribution < 1.29 is 14.4 Å². The molecule has 2 aliphatic heterocycles. The van der Waals surface area contributed by atoms with Gasteiger partial charge in [0.25, 0.3) is 5.91 Å². The molecule has 10 heteroatoms. The average molecular weight is 386 g/mol. The summed E-state index contributed by atoms with van der Waals surface area (Å²) < 4.78 is -0.338. The third-order valence-electron chi connectivity index (χ3n) is 4.81. The van der Waals surface area contributed by atoms with Crippen LogP contribution in [-0.4, -0.2) is 59.3 Å². The predicted octanol–water partition coefficient (Wildman–Crippen LogP) is 0.231. The molecular weight excluding hydrogens is 368 g/mol. The molecule has 140 valence electrons. The van der Waals surface area contributed by atoms with Gasteiger partial charge in [-0.3, -0.25) is 14.4 Å². The highest BCUT2D eigenvalue weighted by Gasteiger charge is 2.63. The summed E-state index contributed by atoms with van der Waals surface area (Å²) in [7, 11) is 0. The van der Waals surface area contributed by atoms with Gasteiger partial charge >= 0.3 is 0 Å². The van der Waals surface area contributed by atoms with E-state index in [1.54, 1.807) is 28.8 Å². The summed E-state index contributed by atoms with van der Waals surface area (Å²) in [5.74, 6) is -1.03. The first-order chi connectivity index (χ1) is 12.9. The van der Waals surface area contributed by atoms with E-state index < -0.39 is 17.7 Å². The van der Waals surface area contributed by atoms with E-state index in [1.165, 1.54) is 0 Å². The van der Waals surface area contributed by atoms with Crippen molar-refractivity contribution in [1.29, 1.82) is 0 Å². The second-order valence-corrected chi connectivity index (χ2v) is 8.85. The number of amides is 2. The largest absolute Gasteiger partial charge is 0.335 e. The number of nitrogens with zero attached hydrogens (tertiary/aromatic N) is 4. The Labute approximate surface area is 159 Å². The SMILES string of the molecule is CC1(C)S[C@H]2C(NC(=O)C(=O)Cc3ccccc3)C(=O)N2C1c1nnn[nH]1.